The fourth-order valence-corrected chi connectivity index (χ4v) is 2.07. The fraction of sp³-hybridized carbons (Fsp3) is 0.231. The van der Waals surface area contributed by atoms with E-state index in [1.165, 1.54) is 6.07 Å². The zero-order valence-corrected chi connectivity index (χ0v) is 12.1. The van der Waals surface area contributed by atoms with Crippen molar-refractivity contribution < 1.29 is 32.6 Å². The summed E-state index contributed by atoms with van der Waals surface area (Å²) < 4.78 is 40.2. The SMILES string of the molecule is O=C1C=C(Nc2ccc(OC(F)(F)F)c(Cl)c2)C(=O)N1CCO. The molecule has 1 heterocycles. The molecule has 124 valence electrons. The van der Waals surface area contributed by atoms with Gasteiger partial charge in [0, 0.05) is 11.8 Å². The number of imide groups is 1. The molecular formula is C13H10ClF3N2O4. The van der Waals surface area contributed by atoms with E-state index in [1.54, 1.807) is 0 Å². The van der Waals surface area contributed by atoms with E-state index in [0.717, 1.165) is 23.1 Å². The van der Waals surface area contributed by atoms with E-state index in [0.29, 0.717) is 0 Å². The van der Waals surface area contributed by atoms with Gasteiger partial charge in [0.1, 0.15) is 11.4 Å². The highest BCUT2D eigenvalue weighted by Gasteiger charge is 2.33. The second-order valence-corrected chi connectivity index (χ2v) is 4.80. The molecule has 23 heavy (non-hydrogen) atoms. The third-order valence-corrected chi connectivity index (χ3v) is 3.06. The molecular weight excluding hydrogens is 341 g/mol. The van der Waals surface area contributed by atoms with Crippen LogP contribution in [0.5, 0.6) is 5.75 Å². The minimum Gasteiger partial charge on any atom is -0.404 e. The molecule has 0 saturated heterocycles. The average Bonchev–Trinajstić information content (AvgIpc) is 2.69. The van der Waals surface area contributed by atoms with E-state index in [4.69, 9.17) is 16.7 Å². The van der Waals surface area contributed by atoms with E-state index in [-0.39, 0.29) is 29.6 Å². The Hall–Kier alpha value is -2.26. The Morgan fingerprint density at radius 2 is 2.00 bits per heavy atom. The normalized spacial score (nSPS) is 15.0. The van der Waals surface area contributed by atoms with E-state index in [2.05, 4.69) is 10.1 Å². The average molecular weight is 351 g/mol. The van der Waals surface area contributed by atoms with Crippen LogP contribution in [0.4, 0.5) is 18.9 Å². The van der Waals surface area contributed by atoms with Gasteiger partial charge < -0.3 is 15.2 Å². The second kappa shape index (κ2) is 6.47. The lowest BCUT2D eigenvalue weighted by Crippen LogP contribution is -2.34. The second-order valence-electron chi connectivity index (χ2n) is 4.39. The predicted octanol–water partition coefficient (Wildman–Crippen LogP) is 1.90. The van der Waals surface area contributed by atoms with Crippen molar-refractivity contribution in [1.82, 2.24) is 4.90 Å². The van der Waals surface area contributed by atoms with Gasteiger partial charge in [-0.3, -0.25) is 14.5 Å². The molecule has 1 aliphatic rings. The number of nitrogens with zero attached hydrogens (tertiary/aromatic N) is 1. The highest BCUT2D eigenvalue weighted by molar-refractivity contribution is 6.32. The summed E-state index contributed by atoms with van der Waals surface area (Å²) in [5, 5.41) is 11.0. The van der Waals surface area contributed by atoms with Crippen LogP contribution in [0.1, 0.15) is 0 Å². The Kier molecular flexibility index (Phi) is 4.81. The Bertz CT molecular complexity index is 676. The number of ether oxygens (including phenoxy) is 1. The molecule has 2 N–H and O–H groups in total. The van der Waals surface area contributed by atoms with Gasteiger partial charge in [-0.25, -0.2) is 0 Å². The Labute approximate surface area is 133 Å². The summed E-state index contributed by atoms with van der Waals surface area (Å²) in [6, 6.07) is 3.31. The summed E-state index contributed by atoms with van der Waals surface area (Å²) >= 11 is 5.68. The number of rotatable bonds is 5. The summed E-state index contributed by atoms with van der Waals surface area (Å²) in [6.45, 7) is -0.535. The molecule has 0 aliphatic carbocycles. The van der Waals surface area contributed by atoms with Gasteiger partial charge in [0.25, 0.3) is 11.8 Å². The van der Waals surface area contributed by atoms with Gasteiger partial charge >= 0.3 is 6.36 Å². The van der Waals surface area contributed by atoms with Gasteiger partial charge in [-0.15, -0.1) is 13.2 Å². The number of aliphatic hydroxyl groups excluding tert-OH is 1. The lowest BCUT2D eigenvalue weighted by Gasteiger charge is -2.14. The number of amides is 2. The van der Waals surface area contributed by atoms with E-state index in [9.17, 15) is 22.8 Å². The van der Waals surface area contributed by atoms with Crippen LogP contribution in [0.15, 0.2) is 30.0 Å². The maximum Gasteiger partial charge on any atom is 0.573 e. The number of halogens is 4. The summed E-state index contributed by atoms with van der Waals surface area (Å²) in [7, 11) is 0. The Balaban J connectivity index is 2.13. The van der Waals surface area contributed by atoms with Crippen LogP contribution < -0.4 is 10.1 Å². The number of nitrogens with one attached hydrogen (secondary N) is 1. The van der Waals surface area contributed by atoms with Gasteiger partial charge in [0.2, 0.25) is 0 Å². The van der Waals surface area contributed by atoms with Crippen molar-refractivity contribution in [3.05, 3.63) is 35.0 Å². The van der Waals surface area contributed by atoms with Gasteiger partial charge in [0.15, 0.2) is 0 Å². The minimum absolute atomic E-state index is 0.0796. The van der Waals surface area contributed by atoms with Crippen LogP contribution in [0, 0.1) is 0 Å². The molecule has 2 amide bonds. The summed E-state index contributed by atoms with van der Waals surface area (Å²) in [6.07, 6.45) is -3.86. The first-order valence-electron chi connectivity index (χ1n) is 6.22. The molecule has 0 saturated carbocycles. The topological polar surface area (TPSA) is 78.9 Å². The molecule has 0 atom stereocenters. The zero-order chi connectivity index (χ0) is 17.2. The largest absolute Gasteiger partial charge is 0.573 e. The monoisotopic (exact) mass is 350 g/mol. The van der Waals surface area contributed by atoms with Gasteiger partial charge in [-0.05, 0) is 18.2 Å². The van der Waals surface area contributed by atoms with Crippen molar-refractivity contribution in [2.75, 3.05) is 18.5 Å². The zero-order valence-electron chi connectivity index (χ0n) is 11.4. The van der Waals surface area contributed by atoms with Crippen molar-refractivity contribution in [1.29, 1.82) is 0 Å². The number of alkyl halides is 3. The van der Waals surface area contributed by atoms with Crippen LogP contribution in [0.2, 0.25) is 5.02 Å². The van der Waals surface area contributed by atoms with Crippen LogP contribution in [0.25, 0.3) is 0 Å². The molecule has 0 bridgehead atoms. The quantitative estimate of drug-likeness (QED) is 0.793. The van der Waals surface area contributed by atoms with Crippen molar-refractivity contribution in [3.63, 3.8) is 0 Å². The summed E-state index contributed by atoms with van der Waals surface area (Å²) in [5.74, 6) is -1.85. The molecule has 6 nitrogen and oxygen atoms in total. The molecule has 0 radical (unpaired) electrons. The number of aliphatic hydroxyl groups is 1. The highest BCUT2D eigenvalue weighted by atomic mass is 35.5. The number of β-amino-alcohol motifs (C(OH)–C–C–N with tert-alkyl or cyclic N) is 1. The molecule has 10 heteroatoms. The van der Waals surface area contributed by atoms with Crippen LogP contribution in [-0.4, -0.2) is 41.3 Å². The molecule has 0 aromatic heterocycles. The Morgan fingerprint density at radius 1 is 1.30 bits per heavy atom. The predicted molar refractivity (Wildman–Crippen MR) is 73.6 cm³/mol. The van der Waals surface area contributed by atoms with E-state index in [1.807, 2.05) is 0 Å². The first-order chi connectivity index (χ1) is 10.7. The number of hydrogen-bond donors (Lipinski definition) is 2. The number of benzene rings is 1. The van der Waals surface area contributed by atoms with Gasteiger partial charge in [-0.1, -0.05) is 11.6 Å². The molecule has 1 aromatic rings. The highest BCUT2D eigenvalue weighted by Crippen LogP contribution is 2.32. The maximum absolute atomic E-state index is 12.1. The van der Waals surface area contributed by atoms with Crippen molar-refractivity contribution in [2.24, 2.45) is 0 Å². The number of anilines is 1. The van der Waals surface area contributed by atoms with E-state index >= 15 is 0 Å². The number of carbonyl (C=O) groups is 2. The van der Waals surface area contributed by atoms with Crippen molar-refractivity contribution >= 4 is 29.1 Å². The lowest BCUT2D eigenvalue weighted by atomic mass is 10.3. The third kappa shape index (κ3) is 4.14. The smallest absolute Gasteiger partial charge is 0.404 e. The third-order valence-electron chi connectivity index (χ3n) is 2.77. The Morgan fingerprint density at radius 3 is 2.57 bits per heavy atom. The lowest BCUT2D eigenvalue weighted by molar-refractivity contribution is -0.274. The van der Waals surface area contributed by atoms with Gasteiger partial charge in [-0.2, -0.15) is 0 Å². The fourth-order valence-electron chi connectivity index (χ4n) is 1.85. The summed E-state index contributed by atoms with van der Waals surface area (Å²) in [5.41, 5.74) is 0.117. The maximum atomic E-state index is 12.1. The van der Waals surface area contributed by atoms with Crippen LogP contribution in [0.3, 0.4) is 0 Å². The van der Waals surface area contributed by atoms with E-state index < -0.39 is 23.9 Å². The van der Waals surface area contributed by atoms with Crippen LogP contribution >= 0.6 is 11.6 Å². The first-order valence-corrected chi connectivity index (χ1v) is 6.60. The number of carbonyl (C=O) groups excluding carboxylic acids is 2. The first kappa shape index (κ1) is 17.1. The van der Waals surface area contributed by atoms with Crippen molar-refractivity contribution in [3.8, 4) is 5.75 Å². The molecule has 0 unspecified atom stereocenters. The number of hydrogen-bond acceptors (Lipinski definition) is 5. The minimum atomic E-state index is -4.88. The molecule has 2 rings (SSSR count). The van der Waals surface area contributed by atoms with Crippen molar-refractivity contribution in [2.45, 2.75) is 6.36 Å². The molecule has 1 aromatic carbocycles. The standard InChI is InChI=1S/C13H10ClF3N2O4/c14-8-5-7(1-2-10(8)23-13(15,16)17)18-9-6-11(21)19(3-4-20)12(9)22/h1-2,5-6,18,20H,3-4H2. The van der Waals surface area contributed by atoms with Gasteiger partial charge in [0.05, 0.1) is 18.2 Å². The summed E-state index contributed by atoms with van der Waals surface area (Å²) in [4.78, 5) is 24.3. The molecule has 0 spiro atoms. The van der Waals surface area contributed by atoms with Crippen LogP contribution in [-0.2, 0) is 9.59 Å². The molecule has 0 fully saturated rings. The molecule has 1 aliphatic heterocycles.